The molecule has 1 amide bonds. The summed E-state index contributed by atoms with van der Waals surface area (Å²) < 4.78 is 29.1. The Hall–Kier alpha value is -2.38. The van der Waals surface area contributed by atoms with Crippen molar-refractivity contribution in [1.29, 1.82) is 0 Å². The molecule has 0 aromatic heterocycles. The molecule has 8 heteroatoms. The first kappa shape index (κ1) is 22.8. The lowest BCUT2D eigenvalue weighted by molar-refractivity contribution is 0.0950. The average molecular weight is 489 g/mol. The Morgan fingerprint density at radius 1 is 0.969 bits per heavy atom. The van der Waals surface area contributed by atoms with Crippen LogP contribution in [0.5, 0.6) is 0 Å². The molecule has 1 aliphatic carbocycles. The highest BCUT2D eigenvalue weighted by Crippen LogP contribution is 2.32. The lowest BCUT2D eigenvalue weighted by atomic mass is 9.88. The second-order valence-electron chi connectivity index (χ2n) is 7.68. The molecule has 1 unspecified atom stereocenters. The first-order valence-corrected chi connectivity index (χ1v) is 12.5. The maximum atomic E-state index is 13.2. The van der Waals surface area contributed by atoms with E-state index in [1.54, 1.807) is 6.07 Å². The zero-order valence-electron chi connectivity index (χ0n) is 17.1. The summed E-state index contributed by atoms with van der Waals surface area (Å²) in [6.07, 6.45) is 2.52. The Kier molecular flexibility index (Phi) is 6.86. The maximum absolute atomic E-state index is 13.2. The molecule has 166 valence electrons. The summed E-state index contributed by atoms with van der Waals surface area (Å²) in [5, 5.41) is 3.37. The minimum absolute atomic E-state index is 0.0595. The number of benzene rings is 3. The molecule has 3 aromatic rings. The normalized spacial score (nSPS) is 15.8. The van der Waals surface area contributed by atoms with E-state index in [1.165, 1.54) is 18.2 Å². The molecule has 0 saturated heterocycles. The van der Waals surface area contributed by atoms with E-state index in [-0.39, 0.29) is 28.1 Å². The SMILES string of the molecule is O=C(NCc1ccccc1Cl)c1ccc(Cl)c(S(=O)(=O)NC2CCCc3ccccc32)c1. The van der Waals surface area contributed by atoms with E-state index in [0.29, 0.717) is 11.4 Å². The summed E-state index contributed by atoms with van der Waals surface area (Å²) in [7, 11) is -3.95. The Bertz CT molecular complexity index is 1260. The van der Waals surface area contributed by atoms with Crippen LogP contribution in [0.1, 0.15) is 45.9 Å². The van der Waals surface area contributed by atoms with E-state index < -0.39 is 15.9 Å². The highest BCUT2D eigenvalue weighted by molar-refractivity contribution is 7.89. The number of halogens is 2. The quantitative estimate of drug-likeness (QED) is 0.495. The largest absolute Gasteiger partial charge is 0.348 e. The van der Waals surface area contributed by atoms with Crippen molar-refractivity contribution in [1.82, 2.24) is 10.0 Å². The van der Waals surface area contributed by atoms with Crippen LogP contribution < -0.4 is 10.0 Å². The van der Waals surface area contributed by atoms with Crippen molar-refractivity contribution >= 4 is 39.1 Å². The van der Waals surface area contributed by atoms with Gasteiger partial charge in [-0.25, -0.2) is 13.1 Å². The second kappa shape index (κ2) is 9.63. The van der Waals surface area contributed by atoms with Gasteiger partial charge in [0.1, 0.15) is 4.90 Å². The van der Waals surface area contributed by atoms with Gasteiger partial charge in [-0.05, 0) is 60.2 Å². The molecule has 0 bridgehead atoms. The fourth-order valence-electron chi connectivity index (χ4n) is 3.90. The van der Waals surface area contributed by atoms with E-state index in [9.17, 15) is 13.2 Å². The first-order valence-electron chi connectivity index (χ1n) is 10.3. The summed E-state index contributed by atoms with van der Waals surface area (Å²) >= 11 is 12.4. The first-order chi connectivity index (χ1) is 15.3. The fraction of sp³-hybridized carbons (Fsp3) is 0.208. The van der Waals surface area contributed by atoms with Crippen molar-refractivity contribution in [3.63, 3.8) is 0 Å². The van der Waals surface area contributed by atoms with Crippen molar-refractivity contribution in [2.45, 2.75) is 36.7 Å². The summed E-state index contributed by atoms with van der Waals surface area (Å²) in [5.41, 5.74) is 3.09. The van der Waals surface area contributed by atoms with Gasteiger partial charge in [0, 0.05) is 23.2 Å². The number of fused-ring (bicyclic) bond motifs is 1. The van der Waals surface area contributed by atoms with Gasteiger partial charge in [0.05, 0.1) is 5.02 Å². The molecule has 1 atom stereocenters. The molecule has 0 radical (unpaired) electrons. The second-order valence-corrected chi connectivity index (χ2v) is 10.2. The van der Waals surface area contributed by atoms with Crippen LogP contribution in [0, 0.1) is 0 Å². The molecular formula is C24H22Cl2N2O3S. The lowest BCUT2D eigenvalue weighted by Gasteiger charge is -2.26. The Morgan fingerprint density at radius 2 is 1.72 bits per heavy atom. The van der Waals surface area contributed by atoms with E-state index >= 15 is 0 Å². The summed E-state index contributed by atoms with van der Waals surface area (Å²) in [4.78, 5) is 12.5. The minimum Gasteiger partial charge on any atom is -0.348 e. The van der Waals surface area contributed by atoms with Gasteiger partial charge >= 0.3 is 0 Å². The molecule has 3 aromatic carbocycles. The van der Waals surface area contributed by atoms with Gasteiger partial charge < -0.3 is 5.32 Å². The molecule has 0 fully saturated rings. The molecule has 0 saturated carbocycles. The summed E-state index contributed by atoms with van der Waals surface area (Å²) in [5.74, 6) is -0.416. The Labute approximate surface area is 197 Å². The van der Waals surface area contributed by atoms with Crippen LogP contribution in [0.3, 0.4) is 0 Å². The third-order valence-electron chi connectivity index (χ3n) is 5.55. The summed E-state index contributed by atoms with van der Waals surface area (Å²) in [6.45, 7) is 0.223. The Morgan fingerprint density at radius 3 is 2.53 bits per heavy atom. The van der Waals surface area contributed by atoms with E-state index in [1.807, 2.05) is 42.5 Å². The third-order valence-corrected chi connectivity index (χ3v) is 7.87. The van der Waals surface area contributed by atoms with E-state index in [2.05, 4.69) is 10.0 Å². The number of aryl methyl sites for hydroxylation is 1. The van der Waals surface area contributed by atoms with Crippen molar-refractivity contribution in [2.24, 2.45) is 0 Å². The van der Waals surface area contributed by atoms with Gasteiger partial charge in [-0.3, -0.25) is 4.79 Å². The number of hydrogen-bond acceptors (Lipinski definition) is 3. The van der Waals surface area contributed by atoms with Crippen LogP contribution in [-0.4, -0.2) is 14.3 Å². The van der Waals surface area contributed by atoms with Crippen molar-refractivity contribution in [3.8, 4) is 0 Å². The predicted molar refractivity (Wildman–Crippen MR) is 127 cm³/mol. The zero-order valence-corrected chi connectivity index (χ0v) is 19.5. The van der Waals surface area contributed by atoms with Gasteiger partial charge in [-0.15, -0.1) is 0 Å². The highest BCUT2D eigenvalue weighted by Gasteiger charge is 2.27. The monoisotopic (exact) mass is 488 g/mol. The van der Waals surface area contributed by atoms with Crippen LogP contribution in [0.25, 0.3) is 0 Å². The molecule has 5 nitrogen and oxygen atoms in total. The van der Waals surface area contributed by atoms with Crippen molar-refractivity contribution < 1.29 is 13.2 Å². The Balaban J connectivity index is 1.54. The number of amides is 1. The zero-order chi connectivity index (χ0) is 22.7. The third kappa shape index (κ3) is 4.99. The number of sulfonamides is 1. The molecular weight excluding hydrogens is 467 g/mol. The van der Waals surface area contributed by atoms with E-state index in [4.69, 9.17) is 23.2 Å². The highest BCUT2D eigenvalue weighted by atomic mass is 35.5. The molecule has 0 heterocycles. The van der Waals surface area contributed by atoms with Gasteiger partial charge in [-0.1, -0.05) is 65.7 Å². The number of rotatable bonds is 6. The van der Waals surface area contributed by atoms with Crippen molar-refractivity contribution in [3.05, 3.63) is 99.0 Å². The van der Waals surface area contributed by atoms with Crippen LogP contribution in [0.15, 0.2) is 71.6 Å². The van der Waals surface area contributed by atoms with Gasteiger partial charge in [0.2, 0.25) is 10.0 Å². The van der Waals surface area contributed by atoms with Crippen LogP contribution in [0.2, 0.25) is 10.0 Å². The average Bonchev–Trinajstić information content (AvgIpc) is 2.78. The molecule has 2 N–H and O–H groups in total. The number of hydrogen-bond donors (Lipinski definition) is 2. The standard InChI is InChI=1S/C24H22Cl2N2O3S/c25-20-10-4-2-7-18(20)15-27-24(29)17-12-13-21(26)23(14-17)32(30,31)28-22-11-5-8-16-6-1-3-9-19(16)22/h1-4,6-7,9-10,12-14,22,28H,5,8,11,15H2,(H,27,29). The molecule has 1 aliphatic rings. The topological polar surface area (TPSA) is 75.3 Å². The number of carbonyl (C=O) groups is 1. The van der Waals surface area contributed by atoms with Gasteiger partial charge in [0.25, 0.3) is 5.91 Å². The van der Waals surface area contributed by atoms with Crippen LogP contribution in [-0.2, 0) is 23.0 Å². The fourth-order valence-corrected chi connectivity index (χ4v) is 5.88. The van der Waals surface area contributed by atoms with E-state index in [0.717, 1.165) is 29.5 Å². The van der Waals surface area contributed by atoms with Gasteiger partial charge in [-0.2, -0.15) is 0 Å². The number of carbonyl (C=O) groups excluding carboxylic acids is 1. The molecule has 4 rings (SSSR count). The van der Waals surface area contributed by atoms with Crippen LogP contribution >= 0.6 is 23.2 Å². The summed E-state index contributed by atoms with van der Waals surface area (Å²) in [6, 6.07) is 18.9. The minimum atomic E-state index is -3.95. The predicted octanol–water partition coefficient (Wildman–Crippen LogP) is 5.28. The van der Waals surface area contributed by atoms with Gasteiger partial charge in [0.15, 0.2) is 0 Å². The van der Waals surface area contributed by atoms with Crippen LogP contribution in [0.4, 0.5) is 0 Å². The van der Waals surface area contributed by atoms with Crippen molar-refractivity contribution in [2.75, 3.05) is 0 Å². The molecule has 0 aliphatic heterocycles. The number of nitrogens with one attached hydrogen (secondary N) is 2. The maximum Gasteiger partial charge on any atom is 0.251 e. The molecule has 32 heavy (non-hydrogen) atoms. The lowest BCUT2D eigenvalue weighted by Crippen LogP contribution is -2.31. The molecule has 0 spiro atoms. The smallest absolute Gasteiger partial charge is 0.251 e.